The van der Waals surface area contributed by atoms with Crippen LogP contribution in [0.4, 0.5) is 16.2 Å². The number of benzene rings is 4. The van der Waals surface area contributed by atoms with E-state index in [1.165, 1.54) is 4.90 Å². The topological polar surface area (TPSA) is 134 Å². The lowest BCUT2D eigenvalue weighted by Gasteiger charge is -2.43. The molecule has 8 rings (SSSR count). The number of aromatic nitrogens is 3. The summed E-state index contributed by atoms with van der Waals surface area (Å²) in [5.74, 6) is 0.0741. The highest BCUT2D eigenvalue weighted by Gasteiger charge is 2.36. The van der Waals surface area contributed by atoms with Crippen LogP contribution in [0.3, 0.4) is 0 Å². The fraction of sp³-hybridized carbons (Fsp3) is 0.347. The number of hydrogen-bond donors (Lipinski definition) is 2. The Bertz CT molecular complexity index is 2710. The molecule has 0 radical (unpaired) electrons. The number of hydrogen-bond acceptors (Lipinski definition) is 8. The van der Waals surface area contributed by atoms with Crippen LogP contribution < -0.4 is 15.0 Å². The van der Waals surface area contributed by atoms with Gasteiger partial charge in [-0.05, 0) is 82.5 Å². The van der Waals surface area contributed by atoms with Gasteiger partial charge in [0.05, 0.1) is 41.7 Å². The fourth-order valence-electron chi connectivity index (χ4n) is 8.67. The molecule has 2 fully saturated rings. The molecule has 4 aromatic carbocycles. The van der Waals surface area contributed by atoms with Gasteiger partial charge in [0.25, 0.3) is 5.91 Å². The van der Waals surface area contributed by atoms with Gasteiger partial charge >= 0.3 is 6.09 Å². The van der Waals surface area contributed by atoms with Gasteiger partial charge in [-0.2, -0.15) is 0 Å². The van der Waals surface area contributed by atoms with Crippen LogP contribution in [-0.2, 0) is 14.3 Å². The van der Waals surface area contributed by atoms with Crippen molar-refractivity contribution < 1.29 is 28.6 Å². The molecule has 16 heteroatoms. The molecule has 2 aliphatic rings. The van der Waals surface area contributed by atoms with Crippen molar-refractivity contribution in [1.82, 2.24) is 24.3 Å². The molecule has 0 spiro atoms. The molecular weight excluding hydrogens is 889 g/mol. The van der Waals surface area contributed by atoms with Crippen LogP contribution >= 0.6 is 34.8 Å². The van der Waals surface area contributed by atoms with Gasteiger partial charge in [-0.15, -0.1) is 0 Å². The van der Waals surface area contributed by atoms with E-state index >= 15 is 4.79 Å². The number of H-pyrrole nitrogens is 1. The Morgan fingerprint density at radius 3 is 2.35 bits per heavy atom. The lowest BCUT2D eigenvalue weighted by Crippen LogP contribution is -2.57. The Hall–Kier alpha value is -5.73. The fourth-order valence-corrected chi connectivity index (χ4v) is 9.41. The number of anilines is 2. The van der Waals surface area contributed by atoms with Gasteiger partial charge < -0.3 is 38.9 Å². The minimum Gasteiger partial charge on any atom is -0.491 e. The maximum atomic E-state index is 15.1. The average Bonchev–Trinajstić information content (AvgIpc) is 3.88. The molecule has 2 N–H and O–H groups in total. The van der Waals surface area contributed by atoms with Crippen molar-refractivity contribution >= 4 is 75.0 Å². The second-order valence-corrected chi connectivity index (χ2v) is 18.6. The first-order chi connectivity index (χ1) is 31.2. The third kappa shape index (κ3) is 10.1. The predicted octanol–water partition coefficient (Wildman–Crippen LogP) is 10.6. The second kappa shape index (κ2) is 19.4. The Balaban J connectivity index is 1.13. The molecule has 6 aromatic rings. The number of fused-ring (bicyclic) bond motifs is 1. The third-order valence-corrected chi connectivity index (χ3v) is 12.6. The van der Waals surface area contributed by atoms with Crippen molar-refractivity contribution in [2.24, 2.45) is 0 Å². The van der Waals surface area contributed by atoms with Crippen LogP contribution in [0.5, 0.6) is 5.75 Å². The van der Waals surface area contributed by atoms with E-state index in [1.807, 2.05) is 116 Å². The number of imidazole rings is 1. The molecule has 2 aliphatic heterocycles. The molecule has 2 aromatic heterocycles. The number of ether oxygens (including phenoxy) is 3. The van der Waals surface area contributed by atoms with Crippen LogP contribution in [0.15, 0.2) is 91.3 Å². The SMILES string of the molecule is COCCOc1ccc(N2CCC(N3CCN(C(=O)OC(C)(C)C)CC3=O)CC2)c(NC(=O)c2[nH]c3cc(Cl)ccc3c2-c2c(-c3ccccc3)ncn2C(C)c2ccc(Cl)cc2Cl)c1. The molecule has 1 unspecified atom stereocenters. The molecule has 340 valence electrons. The predicted molar refractivity (Wildman–Crippen MR) is 257 cm³/mol. The molecule has 0 saturated carbocycles. The normalized spacial score (nSPS) is 15.4. The molecule has 13 nitrogen and oxygen atoms in total. The molecule has 4 heterocycles. The summed E-state index contributed by atoms with van der Waals surface area (Å²) in [5, 5.41) is 5.58. The van der Waals surface area contributed by atoms with E-state index in [4.69, 9.17) is 54.0 Å². The number of nitrogens with one attached hydrogen (secondary N) is 2. The Morgan fingerprint density at radius 1 is 0.908 bits per heavy atom. The molecule has 0 aliphatic carbocycles. The van der Waals surface area contributed by atoms with Crippen LogP contribution in [0, 0.1) is 0 Å². The highest BCUT2D eigenvalue weighted by atomic mass is 35.5. The van der Waals surface area contributed by atoms with Crippen LogP contribution in [-0.4, -0.2) is 107 Å². The van der Waals surface area contributed by atoms with E-state index in [1.54, 1.807) is 19.5 Å². The van der Waals surface area contributed by atoms with Gasteiger partial charge in [0.2, 0.25) is 5.91 Å². The van der Waals surface area contributed by atoms with Crippen molar-refractivity contribution in [3.63, 3.8) is 0 Å². The summed E-state index contributed by atoms with van der Waals surface area (Å²) in [6.45, 7) is 10.2. The molecular formula is C49H52Cl3N7O6. The molecule has 65 heavy (non-hydrogen) atoms. The zero-order valence-electron chi connectivity index (χ0n) is 37.0. The van der Waals surface area contributed by atoms with Crippen LogP contribution in [0.1, 0.15) is 62.6 Å². The van der Waals surface area contributed by atoms with E-state index in [0.29, 0.717) is 107 Å². The summed E-state index contributed by atoms with van der Waals surface area (Å²) in [6.07, 6.45) is 2.70. The number of nitrogens with zero attached hydrogens (tertiary/aromatic N) is 5. The van der Waals surface area contributed by atoms with Crippen molar-refractivity contribution in [3.8, 4) is 28.3 Å². The van der Waals surface area contributed by atoms with Gasteiger partial charge in [-0.25, -0.2) is 9.78 Å². The van der Waals surface area contributed by atoms with Crippen LogP contribution in [0.2, 0.25) is 15.1 Å². The van der Waals surface area contributed by atoms with Gasteiger partial charge in [-0.3, -0.25) is 14.5 Å². The largest absolute Gasteiger partial charge is 0.491 e. The number of methoxy groups -OCH3 is 1. The summed E-state index contributed by atoms with van der Waals surface area (Å²) in [4.78, 5) is 55.3. The number of aromatic amines is 1. The number of piperidine rings is 1. The lowest BCUT2D eigenvalue weighted by molar-refractivity contribution is -0.139. The standard InChI is InChI=1S/C49H52Cl3N7O6/c1-30(36-14-11-32(50)25-38(36)52)59-29-53-44(31-9-7-6-8-10-31)46(59)43-37-15-12-33(51)26-39(37)54-45(43)47(61)55-40-27-35(64-24-23-63-5)13-16-41(40)56-19-17-34(18-20-56)58-22-21-57(28-42(58)60)48(62)65-49(2,3)4/h6-16,25-27,29-30,34,54H,17-24,28H2,1-5H3,(H,55,61). The number of amides is 3. The summed E-state index contributed by atoms with van der Waals surface area (Å²) < 4.78 is 18.9. The number of carbonyl (C=O) groups excluding carboxylic acids is 3. The van der Waals surface area contributed by atoms with Gasteiger partial charge in [0.1, 0.15) is 30.2 Å². The summed E-state index contributed by atoms with van der Waals surface area (Å²) in [6, 6.07) is 26.1. The summed E-state index contributed by atoms with van der Waals surface area (Å²) in [7, 11) is 1.61. The first-order valence-electron chi connectivity index (χ1n) is 21.7. The van der Waals surface area contributed by atoms with Gasteiger partial charge in [0, 0.05) is 82.5 Å². The van der Waals surface area contributed by atoms with Crippen molar-refractivity contribution in [1.29, 1.82) is 0 Å². The van der Waals surface area contributed by atoms with E-state index in [0.717, 1.165) is 22.2 Å². The van der Waals surface area contributed by atoms with E-state index in [9.17, 15) is 9.59 Å². The van der Waals surface area contributed by atoms with Crippen molar-refractivity contribution in [2.75, 3.05) is 63.3 Å². The zero-order valence-corrected chi connectivity index (χ0v) is 39.3. The monoisotopic (exact) mass is 939 g/mol. The van der Waals surface area contributed by atoms with E-state index in [-0.39, 0.29) is 24.5 Å². The number of carbonyl (C=O) groups is 3. The van der Waals surface area contributed by atoms with Crippen LogP contribution in [0.25, 0.3) is 33.4 Å². The van der Waals surface area contributed by atoms with Gasteiger partial charge in [0.15, 0.2) is 0 Å². The molecule has 2 saturated heterocycles. The van der Waals surface area contributed by atoms with Crippen molar-refractivity contribution in [3.05, 3.63) is 118 Å². The second-order valence-electron chi connectivity index (χ2n) is 17.3. The molecule has 3 amide bonds. The van der Waals surface area contributed by atoms with Crippen molar-refractivity contribution in [2.45, 2.75) is 58.2 Å². The minimum atomic E-state index is -0.648. The minimum absolute atomic E-state index is 0.00349. The Labute approximate surface area is 393 Å². The Morgan fingerprint density at radius 2 is 1.65 bits per heavy atom. The number of piperazine rings is 1. The van der Waals surface area contributed by atoms with E-state index < -0.39 is 17.6 Å². The molecule has 0 bridgehead atoms. The molecule has 1 atom stereocenters. The summed E-state index contributed by atoms with van der Waals surface area (Å²) >= 11 is 19.7. The zero-order chi connectivity index (χ0) is 46.0. The average molecular weight is 941 g/mol. The quantitative estimate of drug-likeness (QED) is 0.116. The number of rotatable bonds is 12. The maximum absolute atomic E-state index is 15.1. The first kappa shape index (κ1) is 45.8. The highest BCUT2D eigenvalue weighted by molar-refractivity contribution is 6.35. The first-order valence-corrected chi connectivity index (χ1v) is 22.8. The van der Waals surface area contributed by atoms with E-state index in [2.05, 4.69) is 15.2 Å². The summed E-state index contributed by atoms with van der Waals surface area (Å²) in [5.41, 5.74) is 5.38. The third-order valence-electron chi connectivity index (χ3n) is 11.8. The maximum Gasteiger partial charge on any atom is 0.410 e. The highest BCUT2D eigenvalue weighted by Crippen LogP contribution is 2.43. The van der Waals surface area contributed by atoms with Gasteiger partial charge in [-0.1, -0.05) is 77.3 Å². The smallest absolute Gasteiger partial charge is 0.410 e. The Kier molecular flexibility index (Phi) is 13.7. The number of halogens is 3. The lowest BCUT2D eigenvalue weighted by atomic mass is 9.99.